The number of carbonyl (C=O) groups excluding carboxylic acids is 1. The Morgan fingerprint density at radius 2 is 1.91 bits per heavy atom. The number of benzene rings is 2. The Balaban J connectivity index is 2.01. The molecule has 0 bridgehead atoms. The number of allylic oxidation sites excluding steroid dienone is 1. The van der Waals surface area contributed by atoms with Crippen molar-refractivity contribution in [2.24, 2.45) is 0 Å². The first-order chi connectivity index (χ1) is 10.5. The molecule has 1 aliphatic heterocycles. The predicted octanol–water partition coefficient (Wildman–Crippen LogP) is 2.41. The molecule has 0 unspecified atom stereocenters. The summed E-state index contributed by atoms with van der Waals surface area (Å²) >= 11 is 0. The number of Topliss-reactive ketones (excluding diaryl/α,β-unsaturated/α-hetero) is 1. The third-order valence-electron chi connectivity index (χ3n) is 3.22. The maximum absolute atomic E-state index is 12.2. The van der Waals surface area contributed by atoms with E-state index in [4.69, 9.17) is 9.84 Å². The number of phenols is 2. The first kappa shape index (κ1) is 13.7. The highest BCUT2D eigenvalue weighted by Gasteiger charge is 2.31. The summed E-state index contributed by atoms with van der Waals surface area (Å²) in [7, 11) is 0. The van der Waals surface area contributed by atoms with Crippen LogP contribution in [0.5, 0.6) is 17.2 Å². The molecule has 22 heavy (non-hydrogen) atoms. The molecule has 2 aromatic rings. The average Bonchev–Trinajstić information content (AvgIpc) is 2.81. The molecular formula is C16H10O6. The van der Waals surface area contributed by atoms with Crippen LogP contribution in [0.2, 0.25) is 0 Å². The van der Waals surface area contributed by atoms with E-state index < -0.39 is 17.5 Å². The van der Waals surface area contributed by atoms with Gasteiger partial charge in [0, 0.05) is 0 Å². The predicted molar refractivity (Wildman–Crippen MR) is 76.1 cm³/mol. The normalized spacial score (nSPS) is 14.7. The van der Waals surface area contributed by atoms with E-state index in [0.29, 0.717) is 5.56 Å². The highest BCUT2D eigenvalue weighted by atomic mass is 16.5. The van der Waals surface area contributed by atoms with Gasteiger partial charge in [-0.3, -0.25) is 4.79 Å². The fourth-order valence-electron chi connectivity index (χ4n) is 2.14. The number of aromatic hydroxyl groups is 2. The van der Waals surface area contributed by atoms with Gasteiger partial charge < -0.3 is 20.1 Å². The Kier molecular flexibility index (Phi) is 3.06. The lowest BCUT2D eigenvalue weighted by Gasteiger charge is -2.02. The fraction of sp³-hybridized carbons (Fsp3) is 0. The van der Waals surface area contributed by atoms with Gasteiger partial charge in [-0.2, -0.15) is 0 Å². The molecule has 0 radical (unpaired) electrons. The summed E-state index contributed by atoms with van der Waals surface area (Å²) in [5.74, 6) is -2.59. The van der Waals surface area contributed by atoms with Crippen molar-refractivity contribution >= 4 is 17.8 Å². The molecule has 2 aromatic carbocycles. The number of rotatable bonds is 2. The van der Waals surface area contributed by atoms with E-state index in [1.165, 1.54) is 30.3 Å². The van der Waals surface area contributed by atoms with Gasteiger partial charge in [0.1, 0.15) is 0 Å². The first-order valence-corrected chi connectivity index (χ1v) is 6.30. The molecule has 0 amide bonds. The topological polar surface area (TPSA) is 104 Å². The number of aromatic carboxylic acids is 1. The zero-order valence-corrected chi connectivity index (χ0v) is 11.1. The standard InChI is InChI=1S/C16H10O6/c17-11-5-4-10-13(18)12(22-15(10)14(11)19)7-8-2-1-3-9(6-8)16(20)21/h1-7,17,19H,(H,20,21)/b12-7-. The number of carboxylic acid groups (broad SMARTS) is 1. The molecule has 1 aliphatic rings. The molecule has 0 saturated heterocycles. The molecule has 0 aromatic heterocycles. The lowest BCUT2D eigenvalue weighted by atomic mass is 10.1. The van der Waals surface area contributed by atoms with E-state index in [0.717, 1.165) is 0 Å². The number of fused-ring (bicyclic) bond motifs is 1. The minimum absolute atomic E-state index is 0.0570. The highest BCUT2D eigenvalue weighted by Crippen LogP contribution is 2.44. The fourth-order valence-corrected chi connectivity index (χ4v) is 2.14. The van der Waals surface area contributed by atoms with Crippen LogP contribution >= 0.6 is 0 Å². The van der Waals surface area contributed by atoms with Crippen molar-refractivity contribution in [1.29, 1.82) is 0 Å². The average molecular weight is 298 g/mol. The molecule has 0 aliphatic carbocycles. The van der Waals surface area contributed by atoms with Crippen molar-refractivity contribution in [3.8, 4) is 17.2 Å². The Morgan fingerprint density at radius 1 is 1.14 bits per heavy atom. The van der Waals surface area contributed by atoms with Gasteiger partial charge in [0.2, 0.25) is 11.5 Å². The van der Waals surface area contributed by atoms with Gasteiger partial charge in [-0.25, -0.2) is 4.79 Å². The summed E-state index contributed by atoms with van der Waals surface area (Å²) < 4.78 is 5.29. The van der Waals surface area contributed by atoms with Gasteiger partial charge in [0.25, 0.3) is 0 Å². The van der Waals surface area contributed by atoms with Crippen molar-refractivity contribution < 1.29 is 29.6 Å². The maximum Gasteiger partial charge on any atom is 0.335 e. The second-order valence-corrected chi connectivity index (χ2v) is 4.68. The molecular weight excluding hydrogens is 288 g/mol. The van der Waals surface area contributed by atoms with Gasteiger partial charge in [0.15, 0.2) is 17.3 Å². The number of ketones is 1. The van der Waals surface area contributed by atoms with Crippen LogP contribution in [-0.2, 0) is 0 Å². The smallest absolute Gasteiger partial charge is 0.335 e. The Bertz CT molecular complexity index is 835. The molecule has 0 spiro atoms. The first-order valence-electron chi connectivity index (χ1n) is 6.30. The zero-order chi connectivity index (χ0) is 15.9. The van der Waals surface area contributed by atoms with Crippen molar-refractivity contribution in [3.63, 3.8) is 0 Å². The second-order valence-electron chi connectivity index (χ2n) is 4.68. The zero-order valence-electron chi connectivity index (χ0n) is 11.1. The summed E-state index contributed by atoms with van der Waals surface area (Å²) in [4.78, 5) is 23.1. The third-order valence-corrected chi connectivity index (χ3v) is 3.22. The maximum atomic E-state index is 12.2. The number of carboxylic acids is 1. The second kappa shape index (κ2) is 4.92. The number of ether oxygens (including phenoxy) is 1. The molecule has 3 N–H and O–H groups in total. The van der Waals surface area contributed by atoms with Gasteiger partial charge in [-0.15, -0.1) is 0 Å². The third kappa shape index (κ3) is 2.16. The molecule has 110 valence electrons. The lowest BCUT2D eigenvalue weighted by Crippen LogP contribution is -1.99. The van der Waals surface area contributed by atoms with E-state index in [9.17, 15) is 19.8 Å². The van der Waals surface area contributed by atoms with E-state index in [1.54, 1.807) is 12.1 Å². The molecule has 1 heterocycles. The van der Waals surface area contributed by atoms with Crippen LogP contribution in [0.25, 0.3) is 6.08 Å². The van der Waals surface area contributed by atoms with E-state index in [2.05, 4.69) is 0 Å². The summed E-state index contributed by atoms with van der Waals surface area (Å²) in [6, 6.07) is 8.54. The molecule has 0 atom stereocenters. The summed E-state index contributed by atoms with van der Waals surface area (Å²) in [5, 5.41) is 28.1. The number of hydrogen-bond donors (Lipinski definition) is 3. The number of hydrogen-bond acceptors (Lipinski definition) is 5. The largest absolute Gasteiger partial charge is 0.504 e. The van der Waals surface area contributed by atoms with Crippen LogP contribution in [-0.4, -0.2) is 27.1 Å². The highest BCUT2D eigenvalue weighted by molar-refractivity contribution is 6.15. The van der Waals surface area contributed by atoms with Crippen molar-refractivity contribution in [1.82, 2.24) is 0 Å². The summed E-state index contributed by atoms with van der Waals surface area (Å²) in [5.41, 5.74) is 0.688. The van der Waals surface area contributed by atoms with Gasteiger partial charge >= 0.3 is 5.97 Å². The van der Waals surface area contributed by atoms with Gasteiger partial charge in [0.05, 0.1) is 11.1 Å². The Morgan fingerprint density at radius 3 is 2.64 bits per heavy atom. The van der Waals surface area contributed by atoms with Gasteiger partial charge in [-0.1, -0.05) is 12.1 Å². The molecule has 0 fully saturated rings. The minimum atomic E-state index is -1.08. The molecule has 6 nitrogen and oxygen atoms in total. The quantitative estimate of drug-likeness (QED) is 0.581. The van der Waals surface area contributed by atoms with Crippen LogP contribution in [0.4, 0.5) is 0 Å². The summed E-state index contributed by atoms with van der Waals surface area (Å²) in [6.07, 6.45) is 1.38. The molecule has 6 heteroatoms. The van der Waals surface area contributed by atoms with E-state index in [-0.39, 0.29) is 28.4 Å². The van der Waals surface area contributed by atoms with Crippen LogP contribution in [0, 0.1) is 0 Å². The van der Waals surface area contributed by atoms with E-state index >= 15 is 0 Å². The van der Waals surface area contributed by atoms with Crippen molar-refractivity contribution in [2.45, 2.75) is 0 Å². The Hall–Kier alpha value is -3.28. The minimum Gasteiger partial charge on any atom is -0.504 e. The van der Waals surface area contributed by atoms with Gasteiger partial charge in [-0.05, 0) is 35.9 Å². The number of carbonyl (C=O) groups is 2. The van der Waals surface area contributed by atoms with Crippen molar-refractivity contribution in [2.75, 3.05) is 0 Å². The van der Waals surface area contributed by atoms with Crippen LogP contribution < -0.4 is 4.74 Å². The summed E-state index contributed by atoms with van der Waals surface area (Å²) in [6.45, 7) is 0. The molecule has 3 rings (SSSR count). The molecule has 0 saturated carbocycles. The lowest BCUT2D eigenvalue weighted by molar-refractivity contribution is 0.0696. The number of phenolic OH excluding ortho intramolecular Hbond substituents is 2. The SMILES string of the molecule is O=C(O)c1cccc(/C=C2\Oc3c(ccc(O)c3O)C2=O)c1. The van der Waals surface area contributed by atoms with E-state index in [1.807, 2.05) is 0 Å². The van der Waals surface area contributed by atoms with Crippen LogP contribution in [0.1, 0.15) is 26.3 Å². The Labute approximate surface area is 124 Å². The van der Waals surface area contributed by atoms with Crippen LogP contribution in [0.15, 0.2) is 42.2 Å². The monoisotopic (exact) mass is 298 g/mol. The van der Waals surface area contributed by atoms with Crippen molar-refractivity contribution in [3.05, 3.63) is 58.8 Å². The van der Waals surface area contributed by atoms with Crippen LogP contribution in [0.3, 0.4) is 0 Å².